The van der Waals surface area contributed by atoms with E-state index in [1.54, 1.807) is 0 Å². The van der Waals surface area contributed by atoms with Gasteiger partial charge in [-0.15, -0.1) is 0 Å². The molecule has 0 unspecified atom stereocenters. The second kappa shape index (κ2) is 8.32. The molecule has 0 saturated carbocycles. The van der Waals surface area contributed by atoms with Crippen molar-refractivity contribution in [1.82, 2.24) is 0 Å². The first-order valence-corrected chi connectivity index (χ1v) is 4.63. The van der Waals surface area contributed by atoms with Gasteiger partial charge < -0.3 is 9.90 Å². The van der Waals surface area contributed by atoms with Crippen LogP contribution >= 0.6 is 0 Å². The molecule has 0 aliphatic rings. The molecule has 0 aromatic heterocycles. The van der Waals surface area contributed by atoms with Crippen LogP contribution in [0.15, 0.2) is 12.2 Å². The van der Waals surface area contributed by atoms with Gasteiger partial charge in [0.05, 0.1) is 11.7 Å². The normalized spacial score (nSPS) is 8.85. The number of aliphatic carboxylic acids is 1. The fourth-order valence-corrected chi connectivity index (χ4v) is 0. The molecule has 0 aromatic carbocycles. The minimum atomic E-state index is -3.66. The van der Waals surface area contributed by atoms with E-state index in [2.05, 4.69) is 6.58 Å². The van der Waals surface area contributed by atoms with Crippen LogP contribution in [0.25, 0.3) is 0 Å². The Morgan fingerprint density at radius 2 is 1.69 bits per heavy atom. The zero-order chi connectivity index (χ0) is 10.4. The van der Waals surface area contributed by atoms with Crippen LogP contribution in [0.4, 0.5) is 0 Å². The predicted octanol–water partition coefficient (Wildman–Crippen LogP) is -3.79. The van der Waals surface area contributed by atoms with Crippen molar-refractivity contribution in [2.75, 3.05) is 5.75 Å². The van der Waals surface area contributed by atoms with Crippen molar-refractivity contribution in [3.8, 4) is 0 Å². The summed E-state index contributed by atoms with van der Waals surface area (Å²) in [4.78, 5) is 9.49. The molecule has 0 heterocycles. The first-order valence-electron chi connectivity index (χ1n) is 3.02. The molecule has 0 aliphatic heterocycles. The Balaban J connectivity index is -0.000000143. The van der Waals surface area contributed by atoms with E-state index in [0.717, 1.165) is 0 Å². The van der Waals surface area contributed by atoms with Crippen molar-refractivity contribution >= 4 is 16.1 Å². The first kappa shape index (κ1) is 18.5. The van der Waals surface area contributed by atoms with Crippen molar-refractivity contribution in [1.29, 1.82) is 0 Å². The van der Waals surface area contributed by atoms with Gasteiger partial charge in [0.1, 0.15) is 0 Å². The predicted molar refractivity (Wildman–Crippen MR) is 41.9 cm³/mol. The Hall–Kier alpha value is -0.283. The van der Waals surface area contributed by atoms with Crippen LogP contribution in [-0.2, 0) is 14.9 Å². The van der Waals surface area contributed by atoms with Gasteiger partial charge in [-0.2, -0.15) is 8.42 Å². The molecule has 0 amide bonds. The van der Waals surface area contributed by atoms with E-state index in [4.69, 9.17) is 4.55 Å². The quantitative estimate of drug-likeness (QED) is 0.281. The second-order valence-electron chi connectivity index (χ2n) is 1.94. The fraction of sp³-hybridized carbons (Fsp3) is 0.500. The Labute approximate surface area is 89.8 Å². The van der Waals surface area contributed by atoms with E-state index in [-0.39, 0.29) is 30.2 Å². The third kappa shape index (κ3) is 24.5. The van der Waals surface area contributed by atoms with Crippen LogP contribution in [0.1, 0.15) is 13.8 Å². The van der Waals surface area contributed by atoms with Crippen LogP contribution in [0, 0.1) is 0 Å². The summed E-state index contributed by atoms with van der Waals surface area (Å²) in [5.74, 6) is -1.39. The Morgan fingerprint density at radius 3 is 1.69 bits per heavy atom. The molecule has 1 N–H and O–H groups in total. The fourth-order valence-electron chi connectivity index (χ4n) is 0. The maximum absolute atomic E-state index is 9.56. The molecule has 0 spiro atoms. The van der Waals surface area contributed by atoms with E-state index in [1.807, 2.05) is 0 Å². The van der Waals surface area contributed by atoms with Gasteiger partial charge in [-0.1, -0.05) is 6.58 Å². The van der Waals surface area contributed by atoms with Gasteiger partial charge in [-0.25, -0.2) is 0 Å². The third-order valence-corrected chi connectivity index (χ3v) is 1.44. The summed E-state index contributed by atoms with van der Waals surface area (Å²) in [6, 6.07) is 0. The summed E-state index contributed by atoms with van der Waals surface area (Å²) in [5.41, 5.74) is 0.0648. The zero-order valence-electron chi connectivity index (χ0n) is 7.90. The Kier molecular flexibility index (Phi) is 11.8. The van der Waals surface area contributed by atoms with Gasteiger partial charge in [0.15, 0.2) is 0 Å². The van der Waals surface area contributed by atoms with Crippen LogP contribution in [-0.4, -0.2) is 24.7 Å². The first-order chi connectivity index (χ1) is 5.20. The van der Waals surface area contributed by atoms with Crippen molar-refractivity contribution in [3.05, 3.63) is 12.2 Å². The standard InChI is InChI=1S/C4H6O2.C2H6O3S.Li/c1-3(2)4(5)6;1-2-6(3,4)5;/h1H2,2H3,(H,5,6);2H2,1H3,(H,3,4,5);/q;;+1/p-1. The molecule has 72 valence electrons. The van der Waals surface area contributed by atoms with Gasteiger partial charge in [-0.3, -0.25) is 4.55 Å². The average molecular weight is 202 g/mol. The van der Waals surface area contributed by atoms with Crippen molar-refractivity contribution < 1.29 is 41.7 Å². The summed E-state index contributed by atoms with van der Waals surface area (Å²) in [6.45, 7) is 5.85. The minimum Gasteiger partial charge on any atom is -0.545 e. The molecular weight excluding hydrogens is 191 g/mol. The summed E-state index contributed by atoms with van der Waals surface area (Å²) < 4.78 is 26.9. The number of carbonyl (C=O) groups is 1. The molecular formula is C6H11LiO5S. The largest absolute Gasteiger partial charge is 1.00 e. The van der Waals surface area contributed by atoms with Crippen molar-refractivity contribution in [2.45, 2.75) is 13.8 Å². The summed E-state index contributed by atoms with van der Waals surface area (Å²) >= 11 is 0. The Bertz CT molecular complexity index is 244. The molecule has 0 saturated heterocycles. The van der Waals surface area contributed by atoms with Gasteiger partial charge in [0.25, 0.3) is 10.1 Å². The van der Waals surface area contributed by atoms with E-state index in [9.17, 15) is 18.3 Å². The number of carboxylic acid groups (broad SMARTS) is 1. The van der Waals surface area contributed by atoms with Gasteiger partial charge in [0.2, 0.25) is 0 Å². The molecule has 0 bridgehead atoms. The number of hydrogen-bond acceptors (Lipinski definition) is 4. The summed E-state index contributed by atoms with van der Waals surface area (Å²) in [5, 5.41) is 9.49. The topological polar surface area (TPSA) is 94.5 Å². The molecule has 7 heteroatoms. The van der Waals surface area contributed by atoms with E-state index >= 15 is 0 Å². The maximum atomic E-state index is 9.56. The van der Waals surface area contributed by atoms with Crippen LogP contribution in [0.5, 0.6) is 0 Å². The van der Waals surface area contributed by atoms with E-state index in [0.29, 0.717) is 0 Å². The second-order valence-corrected chi connectivity index (χ2v) is 3.68. The number of carbonyl (C=O) groups excluding carboxylic acids is 1. The summed E-state index contributed by atoms with van der Waals surface area (Å²) in [6.07, 6.45) is 0. The average Bonchev–Trinajstić information content (AvgIpc) is 1.87. The van der Waals surface area contributed by atoms with E-state index < -0.39 is 16.1 Å². The van der Waals surface area contributed by atoms with Crippen LogP contribution in [0.2, 0.25) is 0 Å². The molecule has 5 nitrogen and oxygen atoms in total. The summed E-state index contributed by atoms with van der Waals surface area (Å²) in [7, 11) is -3.66. The third-order valence-electron chi connectivity index (χ3n) is 0.713. The molecule has 0 fully saturated rings. The van der Waals surface area contributed by atoms with Gasteiger partial charge in [-0.05, 0) is 19.4 Å². The molecule has 0 atom stereocenters. The molecule has 0 aromatic rings. The van der Waals surface area contributed by atoms with Crippen molar-refractivity contribution in [2.24, 2.45) is 0 Å². The minimum absolute atomic E-state index is 0. The smallest absolute Gasteiger partial charge is 0.545 e. The monoisotopic (exact) mass is 202 g/mol. The number of carboxylic acids is 1. The molecule has 13 heavy (non-hydrogen) atoms. The molecule has 0 radical (unpaired) electrons. The van der Waals surface area contributed by atoms with Crippen LogP contribution < -0.4 is 24.0 Å². The Morgan fingerprint density at radius 1 is 1.54 bits per heavy atom. The maximum Gasteiger partial charge on any atom is 1.00 e. The van der Waals surface area contributed by atoms with Crippen LogP contribution in [0.3, 0.4) is 0 Å². The van der Waals surface area contributed by atoms with Gasteiger partial charge >= 0.3 is 18.9 Å². The van der Waals surface area contributed by atoms with Gasteiger partial charge in [0, 0.05) is 0 Å². The molecule has 0 aliphatic carbocycles. The SMILES string of the molecule is C=C(C)C(=O)[O-].CCS(=O)(=O)O.[Li+]. The number of rotatable bonds is 2. The van der Waals surface area contributed by atoms with Crippen molar-refractivity contribution in [3.63, 3.8) is 0 Å². The number of hydrogen-bond donors (Lipinski definition) is 1. The zero-order valence-corrected chi connectivity index (χ0v) is 8.72. The van der Waals surface area contributed by atoms with E-state index in [1.165, 1.54) is 13.8 Å². The molecule has 0 rings (SSSR count).